The lowest BCUT2D eigenvalue weighted by Gasteiger charge is -2.35. The van der Waals surface area contributed by atoms with Crippen molar-refractivity contribution in [2.75, 3.05) is 31.1 Å². The molecule has 180 valence electrons. The SMILES string of the molecule is CC(C)CCn1nc(N2CCN(C(=O)c3cc(F)ccc3C(F)(F)F)CC2)c(=O)n(C)c1=O. The molecule has 0 spiro atoms. The van der Waals surface area contributed by atoms with Crippen LogP contribution in [0.4, 0.5) is 23.4 Å². The van der Waals surface area contributed by atoms with Crippen molar-refractivity contribution in [1.29, 1.82) is 0 Å². The number of hydrogen-bond donors (Lipinski definition) is 0. The average Bonchev–Trinajstić information content (AvgIpc) is 2.75. The molecule has 1 fully saturated rings. The molecule has 0 atom stereocenters. The number of rotatable bonds is 5. The third-order valence-electron chi connectivity index (χ3n) is 5.52. The van der Waals surface area contributed by atoms with Crippen LogP contribution in [0.3, 0.4) is 0 Å². The molecular weight excluding hydrogens is 446 g/mol. The molecule has 3 rings (SSSR count). The highest BCUT2D eigenvalue weighted by Crippen LogP contribution is 2.33. The lowest BCUT2D eigenvalue weighted by atomic mass is 10.0. The predicted molar refractivity (Wildman–Crippen MR) is 113 cm³/mol. The second-order valence-corrected chi connectivity index (χ2v) is 8.34. The van der Waals surface area contributed by atoms with Gasteiger partial charge < -0.3 is 9.80 Å². The fraction of sp³-hybridized carbons (Fsp3) is 0.524. The van der Waals surface area contributed by atoms with Crippen LogP contribution in [0.5, 0.6) is 0 Å². The molecule has 1 aliphatic rings. The molecule has 1 amide bonds. The largest absolute Gasteiger partial charge is 0.417 e. The van der Waals surface area contributed by atoms with E-state index in [0.29, 0.717) is 37.1 Å². The summed E-state index contributed by atoms with van der Waals surface area (Å²) in [6.07, 6.45) is -4.12. The van der Waals surface area contributed by atoms with Gasteiger partial charge in [-0.1, -0.05) is 13.8 Å². The second-order valence-electron chi connectivity index (χ2n) is 8.34. The van der Waals surface area contributed by atoms with E-state index in [9.17, 15) is 31.9 Å². The molecule has 1 saturated heterocycles. The maximum atomic E-state index is 13.6. The summed E-state index contributed by atoms with van der Waals surface area (Å²) >= 11 is 0. The molecule has 2 aromatic rings. The predicted octanol–water partition coefficient (Wildman–Crippen LogP) is 2.11. The molecule has 0 N–H and O–H groups in total. The molecule has 8 nitrogen and oxygen atoms in total. The van der Waals surface area contributed by atoms with Gasteiger partial charge in [-0.3, -0.25) is 14.2 Å². The second kappa shape index (κ2) is 9.36. The zero-order chi connectivity index (χ0) is 24.5. The normalized spacial score (nSPS) is 14.8. The smallest absolute Gasteiger partial charge is 0.347 e. The Balaban J connectivity index is 1.81. The van der Waals surface area contributed by atoms with Crippen LogP contribution in [0, 0.1) is 11.7 Å². The number of anilines is 1. The Labute approximate surface area is 187 Å². The quantitative estimate of drug-likeness (QED) is 0.624. The number of amides is 1. The van der Waals surface area contributed by atoms with Crippen molar-refractivity contribution in [2.24, 2.45) is 13.0 Å². The van der Waals surface area contributed by atoms with E-state index in [4.69, 9.17) is 0 Å². The highest BCUT2D eigenvalue weighted by molar-refractivity contribution is 5.96. The van der Waals surface area contributed by atoms with Gasteiger partial charge in [0.05, 0.1) is 11.1 Å². The minimum absolute atomic E-state index is 0.00258. The van der Waals surface area contributed by atoms with Gasteiger partial charge in [0.25, 0.3) is 11.5 Å². The van der Waals surface area contributed by atoms with E-state index in [-0.39, 0.29) is 32.0 Å². The van der Waals surface area contributed by atoms with Gasteiger partial charge >= 0.3 is 11.9 Å². The van der Waals surface area contributed by atoms with Crippen LogP contribution in [-0.4, -0.2) is 51.3 Å². The molecular formula is C21H25F4N5O3. The van der Waals surface area contributed by atoms with Gasteiger partial charge in [0.2, 0.25) is 5.82 Å². The summed E-state index contributed by atoms with van der Waals surface area (Å²) in [5, 5.41) is 4.21. The van der Waals surface area contributed by atoms with Crippen molar-refractivity contribution in [3.8, 4) is 0 Å². The fourth-order valence-corrected chi connectivity index (χ4v) is 3.57. The van der Waals surface area contributed by atoms with Gasteiger partial charge in [0, 0.05) is 39.8 Å². The van der Waals surface area contributed by atoms with Crippen molar-refractivity contribution < 1.29 is 22.4 Å². The van der Waals surface area contributed by atoms with Crippen molar-refractivity contribution >= 4 is 11.7 Å². The van der Waals surface area contributed by atoms with Gasteiger partial charge in [-0.2, -0.15) is 13.2 Å². The summed E-state index contributed by atoms with van der Waals surface area (Å²) in [6, 6.07) is 1.79. The summed E-state index contributed by atoms with van der Waals surface area (Å²) in [6.45, 7) is 4.56. The highest BCUT2D eigenvalue weighted by Gasteiger charge is 2.37. The zero-order valence-electron chi connectivity index (χ0n) is 18.5. The Morgan fingerprint density at radius 3 is 2.33 bits per heavy atom. The van der Waals surface area contributed by atoms with Crippen molar-refractivity contribution in [1.82, 2.24) is 19.2 Å². The van der Waals surface area contributed by atoms with Crippen LogP contribution in [0.2, 0.25) is 0 Å². The molecule has 1 aliphatic heterocycles. The number of aromatic nitrogens is 3. The zero-order valence-corrected chi connectivity index (χ0v) is 18.5. The molecule has 1 aromatic carbocycles. The molecule has 1 aromatic heterocycles. The summed E-state index contributed by atoms with van der Waals surface area (Å²) in [7, 11) is 1.35. The summed E-state index contributed by atoms with van der Waals surface area (Å²) in [5.41, 5.74) is -3.09. The lowest BCUT2D eigenvalue weighted by molar-refractivity contribution is -0.138. The summed E-state index contributed by atoms with van der Waals surface area (Å²) in [5.74, 6) is -1.53. The number of alkyl halides is 3. The van der Waals surface area contributed by atoms with Gasteiger partial charge in [-0.15, -0.1) is 5.10 Å². The Morgan fingerprint density at radius 2 is 1.76 bits per heavy atom. The maximum Gasteiger partial charge on any atom is 0.417 e. The van der Waals surface area contributed by atoms with Crippen LogP contribution >= 0.6 is 0 Å². The number of piperazine rings is 1. The standard InChI is InChI=1S/C21H25F4N5O3/c1-13(2)6-7-30-20(33)27(3)19(32)17(26-30)28-8-10-29(11-9-28)18(31)15-12-14(22)4-5-16(15)21(23,24)25/h4-5,12-13H,6-11H2,1-3H3. The van der Waals surface area contributed by atoms with Gasteiger partial charge in [0.15, 0.2) is 0 Å². The van der Waals surface area contributed by atoms with Crippen molar-refractivity contribution in [2.45, 2.75) is 33.0 Å². The monoisotopic (exact) mass is 471 g/mol. The van der Waals surface area contributed by atoms with E-state index in [1.54, 1.807) is 4.90 Å². The van der Waals surface area contributed by atoms with E-state index in [1.807, 2.05) is 13.8 Å². The van der Waals surface area contributed by atoms with Crippen molar-refractivity contribution in [3.63, 3.8) is 0 Å². The average molecular weight is 471 g/mol. The van der Waals surface area contributed by atoms with E-state index >= 15 is 0 Å². The van der Waals surface area contributed by atoms with Gasteiger partial charge in [-0.05, 0) is 30.5 Å². The molecule has 0 bridgehead atoms. The van der Waals surface area contributed by atoms with E-state index < -0.39 is 40.3 Å². The Kier molecular flexibility index (Phi) is 6.94. The van der Waals surface area contributed by atoms with E-state index in [1.165, 1.54) is 16.6 Å². The van der Waals surface area contributed by atoms with Crippen LogP contribution in [0.1, 0.15) is 36.2 Å². The Hall–Kier alpha value is -3.18. The topological polar surface area (TPSA) is 80.4 Å². The lowest BCUT2D eigenvalue weighted by Crippen LogP contribution is -2.52. The van der Waals surface area contributed by atoms with Crippen LogP contribution in [0.25, 0.3) is 0 Å². The maximum absolute atomic E-state index is 13.6. The molecule has 0 aliphatic carbocycles. The third kappa shape index (κ3) is 5.25. The van der Waals surface area contributed by atoms with Gasteiger partial charge in [-0.25, -0.2) is 13.9 Å². The summed E-state index contributed by atoms with van der Waals surface area (Å²) in [4.78, 5) is 40.5. The molecule has 0 unspecified atom stereocenters. The van der Waals surface area contributed by atoms with Gasteiger partial charge in [0.1, 0.15) is 5.82 Å². The fourth-order valence-electron chi connectivity index (χ4n) is 3.57. The highest BCUT2D eigenvalue weighted by atomic mass is 19.4. The van der Waals surface area contributed by atoms with E-state index in [2.05, 4.69) is 5.10 Å². The van der Waals surface area contributed by atoms with Crippen LogP contribution < -0.4 is 16.1 Å². The summed E-state index contributed by atoms with van der Waals surface area (Å²) < 4.78 is 55.6. The molecule has 2 heterocycles. The first-order valence-electron chi connectivity index (χ1n) is 10.5. The first kappa shape index (κ1) is 24.5. The Bertz CT molecular complexity index is 1150. The third-order valence-corrected chi connectivity index (χ3v) is 5.52. The number of nitrogens with zero attached hydrogens (tertiary/aromatic N) is 5. The number of carbonyl (C=O) groups excluding carboxylic acids is 1. The number of aryl methyl sites for hydroxylation is 1. The number of benzene rings is 1. The first-order chi connectivity index (χ1) is 15.4. The first-order valence-corrected chi connectivity index (χ1v) is 10.5. The molecule has 0 radical (unpaired) electrons. The number of carbonyl (C=O) groups is 1. The minimum atomic E-state index is -4.81. The van der Waals surface area contributed by atoms with Crippen LogP contribution in [-0.2, 0) is 19.8 Å². The minimum Gasteiger partial charge on any atom is -0.347 e. The number of hydrogen-bond acceptors (Lipinski definition) is 5. The molecule has 12 heteroatoms. The Morgan fingerprint density at radius 1 is 1.12 bits per heavy atom. The van der Waals surface area contributed by atoms with Crippen molar-refractivity contribution in [3.05, 3.63) is 56.0 Å². The van der Waals surface area contributed by atoms with E-state index in [0.717, 1.165) is 4.57 Å². The van der Waals surface area contributed by atoms with Crippen LogP contribution in [0.15, 0.2) is 27.8 Å². The number of halogens is 4. The molecule has 0 saturated carbocycles. The molecule has 33 heavy (non-hydrogen) atoms.